The van der Waals surface area contributed by atoms with Crippen LogP contribution < -0.4 is 0 Å². The van der Waals surface area contributed by atoms with Crippen LogP contribution in [0, 0.1) is 11.3 Å². The van der Waals surface area contributed by atoms with Crippen LogP contribution in [0.15, 0.2) is 0 Å². The van der Waals surface area contributed by atoms with Crippen molar-refractivity contribution in [1.82, 2.24) is 0 Å². The van der Waals surface area contributed by atoms with Gasteiger partial charge < -0.3 is 0 Å². The molecule has 0 aliphatic rings. The summed E-state index contributed by atoms with van der Waals surface area (Å²) < 4.78 is 37.8. The first-order valence-electron chi connectivity index (χ1n) is 4.83. The van der Waals surface area contributed by atoms with Crippen molar-refractivity contribution >= 4 is 0 Å². The highest BCUT2D eigenvalue weighted by atomic mass is 19.4. The summed E-state index contributed by atoms with van der Waals surface area (Å²) in [4.78, 5) is 0. The standard InChI is InChI=1S/C10H19F3/c1-5-8(3)7-9(4,6-2)10(11,12)13/h8H,5-7H2,1-4H3. The van der Waals surface area contributed by atoms with Crippen LogP contribution in [-0.4, -0.2) is 6.18 Å². The highest BCUT2D eigenvalue weighted by Gasteiger charge is 2.49. The Labute approximate surface area is 78.5 Å². The molecule has 3 heteroatoms. The molecule has 0 bridgehead atoms. The van der Waals surface area contributed by atoms with Gasteiger partial charge in [0.15, 0.2) is 0 Å². The van der Waals surface area contributed by atoms with Crippen LogP contribution in [0.1, 0.15) is 47.0 Å². The van der Waals surface area contributed by atoms with Crippen molar-refractivity contribution < 1.29 is 13.2 Å². The third-order valence-electron chi connectivity index (χ3n) is 2.96. The van der Waals surface area contributed by atoms with Crippen LogP contribution in [0.4, 0.5) is 13.2 Å². The summed E-state index contributed by atoms with van der Waals surface area (Å²) in [5.41, 5.74) is -1.50. The Balaban J connectivity index is 4.46. The lowest BCUT2D eigenvalue weighted by atomic mass is 9.78. The predicted octanol–water partition coefficient (Wildman–Crippen LogP) is 4.40. The first-order chi connectivity index (χ1) is 5.77. The number of hydrogen-bond acceptors (Lipinski definition) is 0. The summed E-state index contributed by atoms with van der Waals surface area (Å²) in [6, 6.07) is 0. The second kappa shape index (κ2) is 4.34. The van der Waals surface area contributed by atoms with Crippen LogP contribution in [-0.2, 0) is 0 Å². The molecule has 0 N–H and O–H groups in total. The fourth-order valence-corrected chi connectivity index (χ4v) is 1.37. The Hall–Kier alpha value is -0.210. The van der Waals surface area contributed by atoms with E-state index in [2.05, 4.69) is 0 Å². The highest BCUT2D eigenvalue weighted by Crippen LogP contribution is 2.45. The number of rotatable bonds is 4. The molecule has 0 aromatic heterocycles. The molecule has 0 rings (SSSR count). The Morgan fingerprint density at radius 1 is 1.15 bits per heavy atom. The van der Waals surface area contributed by atoms with E-state index in [0.717, 1.165) is 6.42 Å². The molecule has 0 aromatic carbocycles. The van der Waals surface area contributed by atoms with Gasteiger partial charge in [-0.05, 0) is 18.8 Å². The van der Waals surface area contributed by atoms with E-state index in [1.165, 1.54) is 6.92 Å². The van der Waals surface area contributed by atoms with Crippen LogP contribution in [0.5, 0.6) is 0 Å². The summed E-state index contributed by atoms with van der Waals surface area (Å²) in [6.45, 7) is 6.73. The maximum absolute atomic E-state index is 12.6. The van der Waals surface area contributed by atoms with Crippen molar-refractivity contribution in [3.05, 3.63) is 0 Å². The van der Waals surface area contributed by atoms with Gasteiger partial charge in [0.05, 0.1) is 5.41 Å². The Bertz CT molecular complexity index is 151. The SMILES string of the molecule is CCC(C)CC(C)(CC)C(F)(F)F. The van der Waals surface area contributed by atoms with Gasteiger partial charge in [0.2, 0.25) is 0 Å². The number of alkyl halides is 3. The van der Waals surface area contributed by atoms with Gasteiger partial charge in [0.1, 0.15) is 0 Å². The lowest BCUT2D eigenvalue weighted by molar-refractivity contribution is -0.224. The fourth-order valence-electron chi connectivity index (χ4n) is 1.37. The first-order valence-corrected chi connectivity index (χ1v) is 4.83. The second-order valence-electron chi connectivity index (χ2n) is 4.13. The maximum atomic E-state index is 12.6. The maximum Gasteiger partial charge on any atom is 0.394 e. The normalized spacial score (nSPS) is 19.6. The molecular weight excluding hydrogens is 177 g/mol. The summed E-state index contributed by atoms with van der Waals surface area (Å²) in [5.74, 6) is 0.145. The molecule has 0 fully saturated rings. The van der Waals surface area contributed by atoms with Gasteiger partial charge in [-0.1, -0.05) is 34.1 Å². The van der Waals surface area contributed by atoms with Gasteiger partial charge >= 0.3 is 6.18 Å². The van der Waals surface area contributed by atoms with Crippen LogP contribution in [0.2, 0.25) is 0 Å². The minimum Gasteiger partial charge on any atom is -0.171 e. The summed E-state index contributed by atoms with van der Waals surface area (Å²) in [6.07, 6.45) is -2.85. The highest BCUT2D eigenvalue weighted by molar-refractivity contribution is 4.82. The van der Waals surface area contributed by atoms with E-state index in [4.69, 9.17) is 0 Å². The van der Waals surface area contributed by atoms with E-state index in [1.807, 2.05) is 13.8 Å². The zero-order valence-electron chi connectivity index (χ0n) is 8.83. The van der Waals surface area contributed by atoms with E-state index >= 15 is 0 Å². The minimum absolute atomic E-state index is 0.145. The van der Waals surface area contributed by atoms with E-state index in [1.54, 1.807) is 6.92 Å². The fraction of sp³-hybridized carbons (Fsp3) is 1.00. The predicted molar refractivity (Wildman–Crippen MR) is 48.5 cm³/mol. The third kappa shape index (κ3) is 3.20. The quantitative estimate of drug-likeness (QED) is 0.625. The lowest BCUT2D eigenvalue weighted by Crippen LogP contribution is -2.36. The van der Waals surface area contributed by atoms with Crippen molar-refractivity contribution in [2.75, 3.05) is 0 Å². The van der Waals surface area contributed by atoms with E-state index in [0.29, 0.717) is 0 Å². The smallest absolute Gasteiger partial charge is 0.171 e. The molecule has 0 saturated heterocycles. The van der Waals surface area contributed by atoms with Crippen molar-refractivity contribution in [2.45, 2.75) is 53.1 Å². The van der Waals surface area contributed by atoms with E-state index in [-0.39, 0.29) is 18.8 Å². The lowest BCUT2D eigenvalue weighted by Gasteiger charge is -2.33. The average Bonchev–Trinajstić information content (AvgIpc) is 2.02. The van der Waals surface area contributed by atoms with Gasteiger partial charge in [-0.25, -0.2) is 0 Å². The molecule has 0 radical (unpaired) electrons. The summed E-state index contributed by atoms with van der Waals surface area (Å²) in [5, 5.41) is 0. The molecule has 0 saturated carbocycles. The zero-order valence-corrected chi connectivity index (χ0v) is 8.83. The van der Waals surface area contributed by atoms with Crippen LogP contribution >= 0.6 is 0 Å². The van der Waals surface area contributed by atoms with Gasteiger partial charge in [-0.2, -0.15) is 13.2 Å². The van der Waals surface area contributed by atoms with Crippen molar-refractivity contribution in [3.8, 4) is 0 Å². The molecule has 13 heavy (non-hydrogen) atoms. The van der Waals surface area contributed by atoms with Crippen LogP contribution in [0.3, 0.4) is 0 Å². The molecule has 0 aromatic rings. The largest absolute Gasteiger partial charge is 0.394 e. The summed E-state index contributed by atoms with van der Waals surface area (Å²) >= 11 is 0. The van der Waals surface area contributed by atoms with Crippen molar-refractivity contribution in [2.24, 2.45) is 11.3 Å². The van der Waals surface area contributed by atoms with Gasteiger partial charge in [-0.3, -0.25) is 0 Å². The second-order valence-corrected chi connectivity index (χ2v) is 4.13. The molecule has 0 heterocycles. The molecular formula is C10H19F3. The molecule has 0 aliphatic carbocycles. The van der Waals surface area contributed by atoms with Gasteiger partial charge in [0, 0.05) is 0 Å². The summed E-state index contributed by atoms with van der Waals surface area (Å²) in [7, 11) is 0. The van der Waals surface area contributed by atoms with E-state index < -0.39 is 11.6 Å². The molecule has 0 nitrogen and oxygen atoms in total. The average molecular weight is 196 g/mol. The Morgan fingerprint density at radius 3 is 1.85 bits per heavy atom. The van der Waals surface area contributed by atoms with Crippen LogP contribution in [0.25, 0.3) is 0 Å². The number of halogens is 3. The van der Waals surface area contributed by atoms with E-state index in [9.17, 15) is 13.2 Å². The third-order valence-corrected chi connectivity index (χ3v) is 2.96. The Morgan fingerprint density at radius 2 is 1.62 bits per heavy atom. The van der Waals surface area contributed by atoms with Gasteiger partial charge in [-0.15, -0.1) is 0 Å². The van der Waals surface area contributed by atoms with Crippen molar-refractivity contribution in [3.63, 3.8) is 0 Å². The molecule has 80 valence electrons. The molecule has 0 aliphatic heterocycles. The zero-order chi connectivity index (χ0) is 10.7. The number of hydrogen-bond donors (Lipinski definition) is 0. The molecule has 0 spiro atoms. The van der Waals surface area contributed by atoms with Crippen molar-refractivity contribution in [1.29, 1.82) is 0 Å². The monoisotopic (exact) mass is 196 g/mol. The minimum atomic E-state index is -4.06. The first kappa shape index (κ1) is 12.8. The molecule has 2 atom stereocenters. The molecule has 2 unspecified atom stereocenters. The topological polar surface area (TPSA) is 0 Å². The van der Waals surface area contributed by atoms with Gasteiger partial charge in [0.25, 0.3) is 0 Å². The Kier molecular flexibility index (Phi) is 4.27. The molecule has 0 amide bonds.